The predicted octanol–water partition coefficient (Wildman–Crippen LogP) is 12.5. The Kier molecular flexibility index (Phi) is 5.25. The van der Waals surface area contributed by atoms with Crippen LogP contribution in [-0.2, 0) is 0 Å². The maximum absolute atomic E-state index is 6.71. The van der Waals surface area contributed by atoms with Gasteiger partial charge in [0.05, 0.1) is 5.39 Å². The SMILES string of the molecule is c1ccc(N(c2ccccc2)c2ccc(-c3cc4oc5ccc6oc7ccccc7c6c5c4c4oc5ccccc5c34)cc2)cc1. The largest absolute Gasteiger partial charge is 0.456 e. The van der Waals surface area contributed by atoms with Crippen LogP contribution in [0.3, 0.4) is 0 Å². The minimum absolute atomic E-state index is 0.786. The monoisotopic (exact) mass is 591 g/mol. The Morgan fingerprint density at radius 3 is 1.54 bits per heavy atom. The molecule has 0 saturated heterocycles. The lowest BCUT2D eigenvalue weighted by molar-refractivity contribution is 0.660. The van der Waals surface area contributed by atoms with E-state index in [4.69, 9.17) is 13.3 Å². The van der Waals surface area contributed by atoms with Crippen molar-refractivity contribution in [3.63, 3.8) is 0 Å². The van der Waals surface area contributed by atoms with E-state index < -0.39 is 0 Å². The number of hydrogen-bond acceptors (Lipinski definition) is 4. The number of para-hydroxylation sites is 4. The molecule has 10 rings (SSSR count). The van der Waals surface area contributed by atoms with Crippen LogP contribution < -0.4 is 4.90 Å². The summed E-state index contributed by atoms with van der Waals surface area (Å²) in [5.41, 5.74) is 10.4. The van der Waals surface area contributed by atoms with Gasteiger partial charge in [-0.1, -0.05) is 84.9 Å². The van der Waals surface area contributed by atoms with E-state index in [-0.39, 0.29) is 0 Å². The molecule has 3 aromatic heterocycles. The minimum atomic E-state index is 0.786. The van der Waals surface area contributed by atoms with Crippen LogP contribution in [0.15, 0.2) is 165 Å². The first-order chi connectivity index (χ1) is 22.8. The third kappa shape index (κ3) is 3.61. The molecule has 4 nitrogen and oxygen atoms in total. The number of benzene rings is 7. The summed E-state index contributed by atoms with van der Waals surface area (Å²) in [5.74, 6) is 0. The maximum atomic E-state index is 6.71. The second-order valence-electron chi connectivity index (χ2n) is 11.7. The van der Waals surface area contributed by atoms with Crippen molar-refractivity contribution >= 4 is 82.9 Å². The quantitative estimate of drug-likeness (QED) is 0.204. The fraction of sp³-hybridized carbons (Fsp3) is 0. The molecule has 10 aromatic rings. The molecule has 0 radical (unpaired) electrons. The van der Waals surface area contributed by atoms with Crippen LogP contribution in [0.25, 0.3) is 76.9 Å². The second-order valence-corrected chi connectivity index (χ2v) is 11.7. The van der Waals surface area contributed by atoms with Crippen molar-refractivity contribution in [2.75, 3.05) is 4.90 Å². The Labute approximate surface area is 263 Å². The number of nitrogens with zero attached hydrogens (tertiary/aromatic N) is 1. The highest BCUT2D eigenvalue weighted by molar-refractivity contribution is 6.33. The predicted molar refractivity (Wildman–Crippen MR) is 188 cm³/mol. The number of rotatable bonds is 4. The molecule has 0 aliphatic rings. The average Bonchev–Trinajstić information content (AvgIpc) is 3.80. The van der Waals surface area contributed by atoms with Crippen LogP contribution in [0, 0.1) is 0 Å². The van der Waals surface area contributed by atoms with Crippen molar-refractivity contribution in [2.45, 2.75) is 0 Å². The van der Waals surface area contributed by atoms with E-state index in [9.17, 15) is 0 Å². The lowest BCUT2D eigenvalue weighted by Crippen LogP contribution is -2.09. The summed E-state index contributed by atoms with van der Waals surface area (Å²) in [4.78, 5) is 2.27. The normalized spacial score (nSPS) is 11.9. The van der Waals surface area contributed by atoms with Gasteiger partial charge in [0.25, 0.3) is 0 Å². The van der Waals surface area contributed by atoms with Gasteiger partial charge < -0.3 is 18.2 Å². The topological polar surface area (TPSA) is 42.7 Å². The van der Waals surface area contributed by atoms with Crippen molar-refractivity contribution < 1.29 is 13.3 Å². The molecule has 0 N–H and O–H groups in total. The Morgan fingerprint density at radius 2 is 0.870 bits per heavy atom. The molecule has 0 bridgehead atoms. The smallest absolute Gasteiger partial charge is 0.147 e. The van der Waals surface area contributed by atoms with Crippen molar-refractivity contribution in [1.82, 2.24) is 0 Å². The van der Waals surface area contributed by atoms with Gasteiger partial charge in [0.2, 0.25) is 0 Å². The molecule has 0 saturated carbocycles. The number of fused-ring (bicyclic) bond motifs is 11. The summed E-state index contributed by atoms with van der Waals surface area (Å²) in [6, 6.07) is 52.3. The summed E-state index contributed by atoms with van der Waals surface area (Å²) in [5, 5.41) is 6.25. The zero-order valence-corrected chi connectivity index (χ0v) is 24.6. The molecule has 0 aliphatic heterocycles. The maximum Gasteiger partial charge on any atom is 0.147 e. The number of hydrogen-bond donors (Lipinski definition) is 0. The number of anilines is 3. The molecule has 216 valence electrons. The fourth-order valence-electron chi connectivity index (χ4n) is 7.06. The Morgan fingerprint density at radius 1 is 0.348 bits per heavy atom. The van der Waals surface area contributed by atoms with E-state index in [1.807, 2.05) is 54.6 Å². The summed E-state index contributed by atoms with van der Waals surface area (Å²) < 4.78 is 19.6. The molecule has 0 unspecified atom stereocenters. The standard InChI is InChI=1S/C42H25NO3/c1-3-11-27(12-4-1)43(28-13-5-2-6-14-28)29-21-19-26(20-22-29)32-25-37-41(42-38(32)30-15-7-10-18-34(30)46-42)40-36(45-37)24-23-35-39(40)31-16-8-9-17-33(31)44-35/h1-25H. The van der Waals surface area contributed by atoms with Crippen molar-refractivity contribution in [1.29, 1.82) is 0 Å². The van der Waals surface area contributed by atoms with Crippen LogP contribution in [0.4, 0.5) is 17.1 Å². The highest BCUT2D eigenvalue weighted by Gasteiger charge is 2.24. The zero-order chi connectivity index (χ0) is 30.2. The Bertz CT molecular complexity index is 2690. The first kappa shape index (κ1) is 25.1. The van der Waals surface area contributed by atoms with Gasteiger partial charge in [0.15, 0.2) is 0 Å². The summed E-state index contributed by atoms with van der Waals surface area (Å²) in [6.07, 6.45) is 0. The lowest BCUT2D eigenvalue weighted by atomic mass is 9.96. The van der Waals surface area contributed by atoms with Gasteiger partial charge in [-0.2, -0.15) is 0 Å². The molecule has 0 amide bonds. The summed E-state index contributed by atoms with van der Waals surface area (Å²) in [6.45, 7) is 0. The van der Waals surface area contributed by atoms with Crippen LogP contribution in [0.5, 0.6) is 0 Å². The molecule has 0 fully saturated rings. The summed E-state index contributed by atoms with van der Waals surface area (Å²) >= 11 is 0. The highest BCUT2D eigenvalue weighted by atomic mass is 16.3. The van der Waals surface area contributed by atoms with Crippen LogP contribution in [0.1, 0.15) is 0 Å². The van der Waals surface area contributed by atoms with Gasteiger partial charge in [-0.3, -0.25) is 0 Å². The first-order valence-electron chi connectivity index (χ1n) is 15.4. The van der Waals surface area contributed by atoms with Gasteiger partial charge in [0, 0.05) is 44.0 Å². The van der Waals surface area contributed by atoms with E-state index in [0.29, 0.717) is 0 Å². The first-order valence-corrected chi connectivity index (χ1v) is 15.4. The van der Waals surface area contributed by atoms with E-state index in [0.717, 1.165) is 94.0 Å². The van der Waals surface area contributed by atoms with Gasteiger partial charge in [0.1, 0.15) is 33.5 Å². The molecule has 0 spiro atoms. The highest BCUT2D eigenvalue weighted by Crippen LogP contribution is 2.47. The van der Waals surface area contributed by atoms with Gasteiger partial charge in [-0.15, -0.1) is 0 Å². The molecule has 0 aliphatic carbocycles. The zero-order valence-electron chi connectivity index (χ0n) is 24.6. The molecular formula is C42H25NO3. The van der Waals surface area contributed by atoms with Crippen LogP contribution in [-0.4, -0.2) is 0 Å². The van der Waals surface area contributed by atoms with Gasteiger partial charge in [-0.25, -0.2) is 0 Å². The molecule has 3 heterocycles. The van der Waals surface area contributed by atoms with Gasteiger partial charge >= 0.3 is 0 Å². The van der Waals surface area contributed by atoms with Crippen molar-refractivity contribution in [3.05, 3.63) is 152 Å². The molecule has 7 aromatic carbocycles. The van der Waals surface area contributed by atoms with E-state index in [1.54, 1.807) is 0 Å². The summed E-state index contributed by atoms with van der Waals surface area (Å²) in [7, 11) is 0. The van der Waals surface area contributed by atoms with E-state index >= 15 is 0 Å². The second kappa shape index (κ2) is 9.62. The number of furan rings is 3. The fourth-order valence-corrected chi connectivity index (χ4v) is 7.06. The van der Waals surface area contributed by atoms with Crippen LogP contribution >= 0.6 is 0 Å². The molecule has 46 heavy (non-hydrogen) atoms. The van der Waals surface area contributed by atoms with Crippen molar-refractivity contribution in [3.8, 4) is 11.1 Å². The minimum Gasteiger partial charge on any atom is -0.456 e. The third-order valence-corrected chi connectivity index (χ3v) is 9.05. The van der Waals surface area contributed by atoms with E-state index in [2.05, 4.69) is 102 Å². The Balaban J connectivity index is 1.23. The van der Waals surface area contributed by atoms with Crippen molar-refractivity contribution in [2.24, 2.45) is 0 Å². The third-order valence-electron chi connectivity index (χ3n) is 9.05. The molecule has 4 heteroatoms. The lowest BCUT2D eigenvalue weighted by Gasteiger charge is -2.25. The average molecular weight is 592 g/mol. The molecule has 0 atom stereocenters. The van der Waals surface area contributed by atoms with Crippen LogP contribution in [0.2, 0.25) is 0 Å². The Hall–Kier alpha value is -6.26. The van der Waals surface area contributed by atoms with E-state index in [1.165, 1.54) is 0 Å². The van der Waals surface area contributed by atoms with Gasteiger partial charge in [-0.05, 0) is 77.9 Å². The molecular weight excluding hydrogens is 566 g/mol.